The minimum atomic E-state index is -0.133. The minimum Gasteiger partial charge on any atom is -0.463 e. The lowest BCUT2D eigenvalue weighted by atomic mass is 10.3. The lowest BCUT2D eigenvalue weighted by Crippen LogP contribution is -2.14. The second kappa shape index (κ2) is 10.4. The van der Waals surface area contributed by atoms with Gasteiger partial charge in [-0.2, -0.15) is 10.1 Å². The molecule has 1 aromatic carbocycles. The van der Waals surface area contributed by atoms with Crippen LogP contribution in [0.5, 0.6) is 0 Å². The van der Waals surface area contributed by atoms with E-state index in [0.717, 1.165) is 16.3 Å². The van der Waals surface area contributed by atoms with Crippen molar-refractivity contribution in [1.82, 2.24) is 15.2 Å². The summed E-state index contributed by atoms with van der Waals surface area (Å²) in [6.07, 6.45) is 4.91. The number of furan rings is 1. The van der Waals surface area contributed by atoms with E-state index in [-0.39, 0.29) is 11.7 Å². The first kappa shape index (κ1) is 19.8. The Morgan fingerprint density at radius 1 is 1.29 bits per heavy atom. The molecule has 144 valence electrons. The number of H-pyrrole nitrogens is 1. The van der Waals surface area contributed by atoms with Crippen LogP contribution in [0.15, 0.2) is 74.9 Å². The summed E-state index contributed by atoms with van der Waals surface area (Å²) in [4.78, 5) is 17.5. The average Bonchev–Trinajstić information content (AvgIpc) is 3.38. The molecule has 0 atom stereocenters. The van der Waals surface area contributed by atoms with Crippen LogP contribution in [0, 0.1) is 0 Å². The van der Waals surface area contributed by atoms with Gasteiger partial charge in [-0.25, -0.2) is 10.5 Å². The summed E-state index contributed by atoms with van der Waals surface area (Å²) < 4.78 is 5.13. The molecule has 0 saturated carbocycles. The monoisotopic (exact) mass is 414 g/mol. The molecule has 0 aliphatic carbocycles. The van der Waals surface area contributed by atoms with Crippen molar-refractivity contribution in [3.8, 4) is 0 Å². The first-order valence-electron chi connectivity index (χ1n) is 8.25. The SMILES string of the molecule is C=CCSc1ccccc1NC(=O)CSc1n[nH]c(N/N=C\c2ccco2)n1. The van der Waals surface area contributed by atoms with Crippen LogP contribution in [0.25, 0.3) is 0 Å². The topological polar surface area (TPSA) is 108 Å². The molecule has 3 N–H and O–H groups in total. The molecule has 0 aliphatic heterocycles. The van der Waals surface area contributed by atoms with Gasteiger partial charge in [0.15, 0.2) is 0 Å². The third-order valence-electron chi connectivity index (χ3n) is 3.22. The Morgan fingerprint density at radius 2 is 2.18 bits per heavy atom. The smallest absolute Gasteiger partial charge is 0.240 e. The van der Waals surface area contributed by atoms with Crippen molar-refractivity contribution in [1.29, 1.82) is 0 Å². The molecule has 0 radical (unpaired) electrons. The van der Waals surface area contributed by atoms with Gasteiger partial charge < -0.3 is 9.73 Å². The number of hydrogen-bond donors (Lipinski definition) is 3. The molecule has 0 unspecified atom stereocenters. The molecule has 3 aromatic rings. The third kappa shape index (κ3) is 6.03. The molecule has 28 heavy (non-hydrogen) atoms. The number of nitrogens with zero attached hydrogens (tertiary/aromatic N) is 3. The van der Waals surface area contributed by atoms with Crippen molar-refractivity contribution in [2.24, 2.45) is 5.10 Å². The van der Waals surface area contributed by atoms with Gasteiger partial charge in [-0.3, -0.25) is 4.79 Å². The summed E-state index contributed by atoms with van der Waals surface area (Å²) in [5.74, 6) is 1.82. The van der Waals surface area contributed by atoms with Crippen LogP contribution in [-0.2, 0) is 4.79 Å². The number of amides is 1. The number of benzene rings is 1. The van der Waals surface area contributed by atoms with Gasteiger partial charge in [0, 0.05) is 10.6 Å². The van der Waals surface area contributed by atoms with Crippen LogP contribution < -0.4 is 10.7 Å². The summed E-state index contributed by atoms with van der Waals surface area (Å²) in [5, 5.41) is 14.1. The van der Waals surface area contributed by atoms with Gasteiger partial charge in [0.25, 0.3) is 0 Å². The normalized spacial score (nSPS) is 10.9. The van der Waals surface area contributed by atoms with Crippen LogP contribution in [0.1, 0.15) is 5.76 Å². The van der Waals surface area contributed by atoms with E-state index in [1.54, 1.807) is 30.2 Å². The molecule has 0 bridgehead atoms. The number of carbonyl (C=O) groups is 1. The maximum Gasteiger partial charge on any atom is 0.240 e. The number of carbonyl (C=O) groups excluding carboxylic acids is 1. The van der Waals surface area contributed by atoms with Crippen molar-refractivity contribution < 1.29 is 9.21 Å². The number of nitrogens with one attached hydrogen (secondary N) is 3. The molecular formula is C18H18N6O2S2. The molecule has 2 heterocycles. The zero-order valence-corrected chi connectivity index (χ0v) is 16.4. The van der Waals surface area contributed by atoms with Crippen molar-refractivity contribution >= 4 is 47.3 Å². The number of hydrazone groups is 1. The standard InChI is InChI=1S/C18H18N6O2S2/c1-2-10-27-15-8-4-3-7-14(15)20-16(25)12-28-18-21-17(23-24-18)22-19-11-13-6-5-9-26-13/h2-9,11H,1,10,12H2,(H,20,25)(H2,21,22,23,24)/b19-11-. The second-order valence-electron chi connectivity index (χ2n) is 5.28. The van der Waals surface area contributed by atoms with E-state index in [1.165, 1.54) is 18.0 Å². The fraction of sp³-hybridized carbons (Fsp3) is 0.111. The highest BCUT2D eigenvalue weighted by molar-refractivity contribution is 8.00. The van der Waals surface area contributed by atoms with Crippen LogP contribution in [0.4, 0.5) is 11.6 Å². The Labute approximate surface area is 170 Å². The number of rotatable bonds is 10. The van der Waals surface area contributed by atoms with Crippen molar-refractivity contribution in [2.75, 3.05) is 22.2 Å². The van der Waals surface area contributed by atoms with Crippen molar-refractivity contribution in [3.63, 3.8) is 0 Å². The van der Waals surface area contributed by atoms with Gasteiger partial charge >= 0.3 is 0 Å². The number of aromatic amines is 1. The van der Waals surface area contributed by atoms with E-state index >= 15 is 0 Å². The fourth-order valence-electron chi connectivity index (χ4n) is 2.04. The van der Waals surface area contributed by atoms with E-state index in [2.05, 4.69) is 37.6 Å². The number of anilines is 2. The summed E-state index contributed by atoms with van der Waals surface area (Å²) >= 11 is 2.84. The Morgan fingerprint density at radius 3 is 3.00 bits per heavy atom. The summed E-state index contributed by atoms with van der Waals surface area (Å²) in [6.45, 7) is 3.72. The lowest BCUT2D eigenvalue weighted by Gasteiger charge is -2.09. The fourth-order valence-corrected chi connectivity index (χ4v) is 3.39. The first-order chi connectivity index (χ1) is 13.7. The molecule has 10 heteroatoms. The molecule has 8 nitrogen and oxygen atoms in total. The number of hydrogen-bond acceptors (Lipinski definition) is 8. The zero-order valence-electron chi connectivity index (χ0n) is 14.8. The zero-order chi connectivity index (χ0) is 19.6. The molecule has 1 amide bonds. The Hall–Kier alpha value is -2.98. The largest absolute Gasteiger partial charge is 0.463 e. The van der Waals surface area contributed by atoms with Gasteiger partial charge in [-0.15, -0.1) is 23.4 Å². The van der Waals surface area contributed by atoms with Gasteiger partial charge in [0.1, 0.15) is 5.76 Å². The third-order valence-corrected chi connectivity index (χ3v) is 5.14. The quantitative estimate of drug-likeness (QED) is 0.200. The van der Waals surface area contributed by atoms with Crippen LogP contribution in [-0.4, -0.2) is 38.8 Å². The van der Waals surface area contributed by atoms with Crippen LogP contribution in [0.3, 0.4) is 0 Å². The molecular weight excluding hydrogens is 396 g/mol. The summed E-state index contributed by atoms with van der Waals surface area (Å²) in [7, 11) is 0. The minimum absolute atomic E-state index is 0.133. The Bertz CT molecular complexity index is 939. The predicted octanol–water partition coefficient (Wildman–Crippen LogP) is 3.85. The Balaban J connectivity index is 1.47. The maximum absolute atomic E-state index is 12.2. The summed E-state index contributed by atoms with van der Waals surface area (Å²) in [6, 6.07) is 11.2. The molecule has 0 saturated heterocycles. The number of aromatic nitrogens is 3. The lowest BCUT2D eigenvalue weighted by molar-refractivity contribution is -0.113. The Kier molecular flexibility index (Phi) is 7.33. The number of para-hydroxylation sites is 1. The highest BCUT2D eigenvalue weighted by Crippen LogP contribution is 2.27. The first-order valence-corrected chi connectivity index (χ1v) is 10.2. The summed E-state index contributed by atoms with van der Waals surface area (Å²) in [5.41, 5.74) is 3.50. The van der Waals surface area contributed by atoms with Gasteiger partial charge in [-0.1, -0.05) is 30.0 Å². The molecule has 0 spiro atoms. The highest BCUT2D eigenvalue weighted by atomic mass is 32.2. The molecule has 3 rings (SSSR count). The molecule has 2 aromatic heterocycles. The van der Waals surface area contributed by atoms with E-state index in [1.807, 2.05) is 30.3 Å². The van der Waals surface area contributed by atoms with Gasteiger partial charge in [0.2, 0.25) is 17.0 Å². The van der Waals surface area contributed by atoms with Crippen molar-refractivity contribution in [2.45, 2.75) is 10.1 Å². The molecule has 0 aliphatic rings. The van der Waals surface area contributed by atoms with E-state index in [4.69, 9.17) is 4.42 Å². The predicted molar refractivity (Wildman–Crippen MR) is 113 cm³/mol. The van der Waals surface area contributed by atoms with E-state index < -0.39 is 0 Å². The highest BCUT2D eigenvalue weighted by Gasteiger charge is 2.10. The maximum atomic E-state index is 12.2. The molecule has 0 fully saturated rings. The van der Waals surface area contributed by atoms with Crippen LogP contribution >= 0.6 is 23.5 Å². The second-order valence-corrected chi connectivity index (χ2v) is 7.29. The van der Waals surface area contributed by atoms with Crippen LogP contribution in [0.2, 0.25) is 0 Å². The van der Waals surface area contributed by atoms with Gasteiger partial charge in [-0.05, 0) is 24.3 Å². The van der Waals surface area contributed by atoms with Crippen molar-refractivity contribution in [3.05, 3.63) is 61.1 Å². The van der Waals surface area contributed by atoms with Gasteiger partial charge in [0.05, 0.1) is 23.9 Å². The number of thioether (sulfide) groups is 2. The average molecular weight is 415 g/mol. The van der Waals surface area contributed by atoms with E-state index in [9.17, 15) is 4.79 Å². The van der Waals surface area contributed by atoms with E-state index in [0.29, 0.717) is 16.9 Å².